The Hall–Kier alpha value is -2.62. The molecule has 3 rings (SSSR count). The Kier molecular flexibility index (Phi) is 3.21. The van der Waals surface area contributed by atoms with Gasteiger partial charge in [-0.25, -0.2) is 4.79 Å². The van der Waals surface area contributed by atoms with E-state index >= 15 is 0 Å². The van der Waals surface area contributed by atoms with Gasteiger partial charge >= 0.3 is 5.97 Å². The summed E-state index contributed by atoms with van der Waals surface area (Å²) in [6.07, 6.45) is 3.71. The van der Waals surface area contributed by atoms with Crippen molar-refractivity contribution in [3.05, 3.63) is 65.5 Å². The van der Waals surface area contributed by atoms with Gasteiger partial charge in [0.15, 0.2) is 0 Å². The Morgan fingerprint density at radius 3 is 2.90 bits per heavy atom. The minimum absolute atomic E-state index is 0.399. The fourth-order valence-electron chi connectivity index (χ4n) is 2.26. The number of esters is 1. The molecule has 2 aromatic rings. The quantitative estimate of drug-likeness (QED) is 0.785. The molecule has 1 aliphatic rings. The number of hydrogen-bond donors (Lipinski definition) is 0. The lowest BCUT2D eigenvalue weighted by Gasteiger charge is -2.20. The fourth-order valence-corrected chi connectivity index (χ4v) is 2.26. The van der Waals surface area contributed by atoms with Crippen molar-refractivity contribution in [1.82, 2.24) is 4.98 Å². The summed E-state index contributed by atoms with van der Waals surface area (Å²) in [4.78, 5) is 16.1. The zero-order chi connectivity index (χ0) is 13.9. The van der Waals surface area contributed by atoms with Gasteiger partial charge < -0.3 is 9.47 Å². The van der Waals surface area contributed by atoms with Gasteiger partial charge in [0.25, 0.3) is 0 Å². The zero-order valence-electron chi connectivity index (χ0n) is 11.0. The van der Waals surface area contributed by atoms with Crippen molar-refractivity contribution < 1.29 is 14.3 Å². The number of pyridine rings is 1. The maximum Gasteiger partial charge on any atom is 0.341 e. The Morgan fingerprint density at radius 1 is 1.25 bits per heavy atom. The Balaban J connectivity index is 2.13. The largest absolute Gasteiger partial charge is 0.488 e. The molecule has 20 heavy (non-hydrogen) atoms. The molecule has 100 valence electrons. The number of ether oxygens (including phenoxy) is 2. The number of rotatable bonds is 2. The second-order valence-corrected chi connectivity index (χ2v) is 4.32. The van der Waals surface area contributed by atoms with E-state index in [2.05, 4.69) is 4.98 Å². The summed E-state index contributed by atoms with van der Waals surface area (Å²) in [5.74, 6) is 0.159. The summed E-state index contributed by atoms with van der Waals surface area (Å²) in [6.45, 7) is 0.410. The number of aromatic nitrogens is 1. The van der Waals surface area contributed by atoms with Gasteiger partial charge in [-0.15, -0.1) is 0 Å². The van der Waals surface area contributed by atoms with Crippen LogP contribution in [-0.2, 0) is 4.74 Å². The Labute approximate surface area is 116 Å². The van der Waals surface area contributed by atoms with E-state index < -0.39 is 5.97 Å². The maximum atomic E-state index is 11.8. The third kappa shape index (κ3) is 2.05. The molecule has 1 aromatic heterocycles. The van der Waals surface area contributed by atoms with E-state index in [0.29, 0.717) is 17.9 Å². The SMILES string of the molecule is COC(=O)c1cccc2c1OCC=C2c1ccccn1. The smallest absolute Gasteiger partial charge is 0.341 e. The predicted molar refractivity (Wildman–Crippen MR) is 74.6 cm³/mol. The molecule has 4 heteroatoms. The molecule has 0 amide bonds. The van der Waals surface area contributed by atoms with Crippen molar-refractivity contribution in [2.24, 2.45) is 0 Å². The highest BCUT2D eigenvalue weighted by Crippen LogP contribution is 2.36. The lowest BCUT2D eigenvalue weighted by Crippen LogP contribution is -2.12. The summed E-state index contributed by atoms with van der Waals surface area (Å²) < 4.78 is 10.4. The van der Waals surface area contributed by atoms with Crippen LogP contribution in [0.1, 0.15) is 21.6 Å². The highest BCUT2D eigenvalue weighted by atomic mass is 16.5. The van der Waals surface area contributed by atoms with Crippen molar-refractivity contribution in [2.45, 2.75) is 0 Å². The first kappa shape index (κ1) is 12.4. The van der Waals surface area contributed by atoms with Gasteiger partial charge in [0.05, 0.1) is 12.8 Å². The molecule has 1 aliphatic heterocycles. The molecule has 2 heterocycles. The maximum absolute atomic E-state index is 11.8. The van der Waals surface area contributed by atoms with E-state index in [1.54, 1.807) is 12.3 Å². The molecule has 0 radical (unpaired) electrons. The second-order valence-electron chi connectivity index (χ2n) is 4.32. The fraction of sp³-hybridized carbons (Fsp3) is 0.125. The average Bonchev–Trinajstić information content (AvgIpc) is 2.54. The lowest BCUT2D eigenvalue weighted by molar-refractivity contribution is 0.0596. The number of methoxy groups -OCH3 is 1. The molecule has 0 bridgehead atoms. The van der Waals surface area contributed by atoms with Gasteiger partial charge in [-0.1, -0.05) is 18.2 Å². The van der Waals surface area contributed by atoms with Crippen LogP contribution in [0.15, 0.2) is 48.7 Å². The van der Waals surface area contributed by atoms with Gasteiger partial charge in [-0.3, -0.25) is 4.98 Å². The van der Waals surface area contributed by atoms with Gasteiger partial charge in [-0.05, 0) is 24.3 Å². The first-order valence-corrected chi connectivity index (χ1v) is 6.27. The van der Waals surface area contributed by atoms with Gasteiger partial charge in [-0.2, -0.15) is 0 Å². The van der Waals surface area contributed by atoms with Crippen LogP contribution < -0.4 is 4.74 Å². The molecule has 1 aromatic carbocycles. The molecule has 4 nitrogen and oxygen atoms in total. The average molecular weight is 267 g/mol. The first-order chi connectivity index (χ1) is 9.81. The number of benzene rings is 1. The molecule has 0 atom stereocenters. The number of fused-ring (bicyclic) bond motifs is 1. The number of carbonyl (C=O) groups is 1. The van der Waals surface area contributed by atoms with E-state index in [-0.39, 0.29) is 0 Å². The molecular formula is C16H13NO3. The van der Waals surface area contributed by atoms with Crippen LogP contribution in [0.25, 0.3) is 5.57 Å². The Morgan fingerprint density at radius 2 is 2.15 bits per heavy atom. The normalized spacial score (nSPS) is 12.9. The standard InChI is InChI=1S/C16H13NO3/c1-19-16(18)13-6-4-5-12-11(8-10-20-15(12)13)14-7-2-3-9-17-14/h2-9H,10H2,1H3. The molecule has 0 saturated heterocycles. The summed E-state index contributed by atoms with van der Waals surface area (Å²) in [6, 6.07) is 11.2. The van der Waals surface area contributed by atoms with Crippen LogP contribution in [0.5, 0.6) is 5.75 Å². The van der Waals surface area contributed by atoms with Crippen molar-refractivity contribution in [3.8, 4) is 5.75 Å². The van der Waals surface area contributed by atoms with E-state index in [9.17, 15) is 4.79 Å². The molecular weight excluding hydrogens is 254 g/mol. The summed E-state index contributed by atoms with van der Waals surface area (Å²) in [7, 11) is 1.36. The number of para-hydroxylation sites is 1. The van der Waals surface area contributed by atoms with Gasteiger partial charge in [0.1, 0.15) is 17.9 Å². The van der Waals surface area contributed by atoms with Crippen LogP contribution >= 0.6 is 0 Å². The van der Waals surface area contributed by atoms with Gasteiger partial charge in [0.2, 0.25) is 0 Å². The Bertz CT molecular complexity index is 677. The number of nitrogens with zero attached hydrogens (tertiary/aromatic N) is 1. The highest BCUT2D eigenvalue weighted by molar-refractivity contribution is 5.96. The summed E-state index contributed by atoms with van der Waals surface area (Å²) in [5.41, 5.74) is 3.13. The third-order valence-electron chi connectivity index (χ3n) is 3.17. The second kappa shape index (κ2) is 5.17. The minimum atomic E-state index is -0.399. The van der Waals surface area contributed by atoms with Crippen LogP contribution in [0.4, 0.5) is 0 Å². The van der Waals surface area contributed by atoms with Crippen LogP contribution in [0.3, 0.4) is 0 Å². The zero-order valence-corrected chi connectivity index (χ0v) is 11.0. The molecule has 0 fully saturated rings. The number of carbonyl (C=O) groups excluding carboxylic acids is 1. The van der Waals surface area contributed by atoms with Crippen LogP contribution in [-0.4, -0.2) is 24.7 Å². The third-order valence-corrected chi connectivity index (χ3v) is 3.17. The van der Waals surface area contributed by atoms with E-state index in [1.807, 2.05) is 36.4 Å². The van der Waals surface area contributed by atoms with E-state index in [1.165, 1.54) is 7.11 Å². The van der Waals surface area contributed by atoms with Crippen molar-refractivity contribution >= 4 is 11.5 Å². The topological polar surface area (TPSA) is 48.4 Å². The monoisotopic (exact) mass is 267 g/mol. The van der Waals surface area contributed by atoms with Crippen molar-refractivity contribution in [3.63, 3.8) is 0 Å². The van der Waals surface area contributed by atoms with Crippen molar-refractivity contribution in [1.29, 1.82) is 0 Å². The molecule has 0 aliphatic carbocycles. The highest BCUT2D eigenvalue weighted by Gasteiger charge is 2.22. The predicted octanol–water partition coefficient (Wildman–Crippen LogP) is 2.69. The van der Waals surface area contributed by atoms with Crippen LogP contribution in [0.2, 0.25) is 0 Å². The van der Waals surface area contributed by atoms with Crippen LogP contribution in [0, 0.1) is 0 Å². The number of hydrogen-bond acceptors (Lipinski definition) is 4. The molecule has 0 unspecified atom stereocenters. The first-order valence-electron chi connectivity index (χ1n) is 6.27. The summed E-state index contributed by atoms with van der Waals surface area (Å²) in [5, 5.41) is 0. The van der Waals surface area contributed by atoms with Crippen molar-refractivity contribution in [2.75, 3.05) is 13.7 Å². The molecule has 0 N–H and O–H groups in total. The molecule has 0 saturated carbocycles. The summed E-state index contributed by atoms with van der Waals surface area (Å²) >= 11 is 0. The van der Waals surface area contributed by atoms with E-state index in [0.717, 1.165) is 16.8 Å². The minimum Gasteiger partial charge on any atom is -0.488 e. The molecule has 0 spiro atoms. The lowest BCUT2D eigenvalue weighted by atomic mass is 9.96. The van der Waals surface area contributed by atoms with Gasteiger partial charge in [0, 0.05) is 17.3 Å². The van der Waals surface area contributed by atoms with E-state index in [4.69, 9.17) is 9.47 Å².